The van der Waals surface area contributed by atoms with E-state index in [1.807, 2.05) is 18.2 Å². The summed E-state index contributed by atoms with van der Waals surface area (Å²) in [5.74, 6) is -0.372. The van der Waals surface area contributed by atoms with Crippen molar-refractivity contribution in [3.63, 3.8) is 0 Å². The van der Waals surface area contributed by atoms with Gasteiger partial charge in [0, 0.05) is 17.2 Å². The van der Waals surface area contributed by atoms with E-state index in [2.05, 4.69) is 15.5 Å². The first-order valence-electron chi connectivity index (χ1n) is 6.35. The summed E-state index contributed by atoms with van der Waals surface area (Å²) in [4.78, 5) is 12.0. The highest BCUT2D eigenvalue weighted by Crippen LogP contribution is 2.17. The van der Waals surface area contributed by atoms with Gasteiger partial charge >= 0.3 is 0 Å². The summed E-state index contributed by atoms with van der Waals surface area (Å²) in [6.07, 6.45) is 3.15. The summed E-state index contributed by atoms with van der Waals surface area (Å²) >= 11 is 0. The Morgan fingerprint density at radius 3 is 2.57 bits per heavy atom. The van der Waals surface area contributed by atoms with Crippen LogP contribution < -0.4 is 5.32 Å². The van der Waals surface area contributed by atoms with Gasteiger partial charge < -0.3 is 5.32 Å². The van der Waals surface area contributed by atoms with Crippen molar-refractivity contribution in [1.29, 1.82) is 0 Å². The molecule has 7 heteroatoms. The monoisotopic (exact) mass is 303 g/mol. The largest absolute Gasteiger partial charge is 0.345 e. The number of aromatic amines is 1. The topological polar surface area (TPSA) is 91.9 Å². The number of hydrogen-bond acceptors (Lipinski definition) is 4. The van der Waals surface area contributed by atoms with Crippen molar-refractivity contribution in [2.24, 2.45) is 0 Å². The average molecular weight is 303 g/mol. The molecule has 0 bridgehead atoms. The fraction of sp³-hybridized carbons (Fsp3) is 0.143. The summed E-state index contributed by atoms with van der Waals surface area (Å²) in [5.41, 5.74) is 2.27. The van der Waals surface area contributed by atoms with E-state index >= 15 is 0 Å². The zero-order valence-corrected chi connectivity index (χ0v) is 11.8. The van der Waals surface area contributed by atoms with Gasteiger partial charge in [0.15, 0.2) is 9.84 Å². The number of H-pyrrole nitrogens is 1. The van der Waals surface area contributed by atoms with Crippen LogP contribution in [0.3, 0.4) is 0 Å². The maximum absolute atomic E-state index is 12.0. The van der Waals surface area contributed by atoms with Gasteiger partial charge in [-0.2, -0.15) is 5.10 Å². The van der Waals surface area contributed by atoms with E-state index < -0.39 is 15.9 Å². The highest BCUT2D eigenvalue weighted by atomic mass is 32.2. The number of hydrogen-bond donors (Lipinski definition) is 2. The fourth-order valence-corrected chi connectivity index (χ4v) is 3.37. The van der Waals surface area contributed by atoms with E-state index in [0.29, 0.717) is 5.56 Å². The third kappa shape index (κ3) is 3.03. The highest BCUT2D eigenvalue weighted by molar-refractivity contribution is 7.94. The van der Waals surface area contributed by atoms with Gasteiger partial charge in [-0.3, -0.25) is 9.89 Å². The van der Waals surface area contributed by atoms with Gasteiger partial charge in [0.25, 0.3) is 5.91 Å². The first kappa shape index (κ1) is 13.6. The zero-order valence-electron chi connectivity index (χ0n) is 11.0. The molecule has 21 heavy (non-hydrogen) atoms. The van der Waals surface area contributed by atoms with Crippen LogP contribution in [0.1, 0.15) is 10.4 Å². The number of nitrogens with zero attached hydrogens (tertiary/aromatic N) is 1. The van der Waals surface area contributed by atoms with Crippen molar-refractivity contribution in [3.05, 3.63) is 53.6 Å². The van der Waals surface area contributed by atoms with Crippen LogP contribution in [0.5, 0.6) is 0 Å². The molecule has 1 aliphatic rings. The Labute approximate surface area is 121 Å². The van der Waals surface area contributed by atoms with E-state index in [1.165, 1.54) is 6.08 Å². The Bertz CT molecular complexity index is 777. The molecule has 0 spiro atoms. The summed E-state index contributed by atoms with van der Waals surface area (Å²) in [6, 6.07) is 8.38. The summed E-state index contributed by atoms with van der Waals surface area (Å²) in [7, 11) is -3.17. The van der Waals surface area contributed by atoms with Gasteiger partial charge in [0.05, 0.1) is 17.5 Å². The van der Waals surface area contributed by atoms with Crippen LogP contribution in [0, 0.1) is 0 Å². The van der Waals surface area contributed by atoms with Gasteiger partial charge in [0.1, 0.15) is 0 Å². The Hall–Kier alpha value is -2.41. The second kappa shape index (κ2) is 5.17. The molecule has 1 atom stereocenters. The summed E-state index contributed by atoms with van der Waals surface area (Å²) in [5, 5.41) is 10.5. The third-order valence-electron chi connectivity index (χ3n) is 3.21. The molecule has 1 unspecified atom stereocenters. The van der Waals surface area contributed by atoms with Gasteiger partial charge in [-0.25, -0.2) is 8.42 Å². The number of aromatic nitrogens is 2. The van der Waals surface area contributed by atoms with Crippen LogP contribution >= 0.6 is 0 Å². The molecule has 108 valence electrons. The second-order valence-electron chi connectivity index (χ2n) is 4.79. The van der Waals surface area contributed by atoms with Crippen molar-refractivity contribution < 1.29 is 13.2 Å². The van der Waals surface area contributed by atoms with E-state index in [-0.39, 0.29) is 11.7 Å². The van der Waals surface area contributed by atoms with E-state index in [4.69, 9.17) is 0 Å². The van der Waals surface area contributed by atoms with Crippen LogP contribution in [0.2, 0.25) is 0 Å². The molecule has 0 saturated carbocycles. The van der Waals surface area contributed by atoms with Crippen LogP contribution in [-0.4, -0.2) is 36.3 Å². The number of carbonyl (C=O) groups is 1. The minimum Gasteiger partial charge on any atom is -0.345 e. The van der Waals surface area contributed by atoms with E-state index in [9.17, 15) is 13.2 Å². The first-order chi connectivity index (χ1) is 10.0. The molecule has 0 saturated heterocycles. The van der Waals surface area contributed by atoms with Gasteiger partial charge in [-0.1, -0.05) is 12.1 Å². The van der Waals surface area contributed by atoms with Crippen LogP contribution in [0.4, 0.5) is 0 Å². The van der Waals surface area contributed by atoms with Gasteiger partial charge in [-0.15, -0.1) is 0 Å². The lowest BCUT2D eigenvalue weighted by molar-refractivity contribution is 0.0947. The second-order valence-corrected chi connectivity index (χ2v) is 6.72. The molecule has 2 aromatic rings. The lowest BCUT2D eigenvalue weighted by Gasteiger charge is -2.10. The lowest BCUT2D eigenvalue weighted by Crippen LogP contribution is -2.35. The predicted molar refractivity (Wildman–Crippen MR) is 78.2 cm³/mol. The fourth-order valence-electron chi connectivity index (χ4n) is 2.14. The molecule has 2 heterocycles. The molecule has 1 aromatic heterocycles. The standard InChI is InChI=1S/C14H13N3O3S/c18-14(16-12-6-8-21(19,20)9-12)11-3-1-10(2-4-11)13-5-7-15-17-13/h1-8,12H,9H2,(H,15,17)(H,16,18). The molecule has 3 rings (SSSR count). The molecule has 0 aliphatic carbocycles. The minimum atomic E-state index is -3.17. The molecule has 0 radical (unpaired) electrons. The highest BCUT2D eigenvalue weighted by Gasteiger charge is 2.23. The molecule has 1 aliphatic heterocycles. The van der Waals surface area contributed by atoms with Crippen molar-refractivity contribution in [1.82, 2.24) is 15.5 Å². The van der Waals surface area contributed by atoms with E-state index in [0.717, 1.165) is 16.7 Å². The number of amides is 1. The molecule has 1 amide bonds. The van der Waals surface area contributed by atoms with Gasteiger partial charge in [0.2, 0.25) is 0 Å². The SMILES string of the molecule is O=C(NC1C=CS(=O)(=O)C1)c1ccc(-c2ccn[nH]2)cc1. The van der Waals surface area contributed by atoms with Crippen molar-refractivity contribution >= 4 is 15.7 Å². The normalized spacial score (nSPS) is 19.5. The Morgan fingerprint density at radius 1 is 1.24 bits per heavy atom. The number of rotatable bonds is 3. The Balaban J connectivity index is 1.70. The zero-order chi connectivity index (χ0) is 14.9. The molecule has 2 N–H and O–H groups in total. The number of benzene rings is 1. The average Bonchev–Trinajstić information content (AvgIpc) is 3.09. The first-order valence-corrected chi connectivity index (χ1v) is 8.07. The maximum Gasteiger partial charge on any atom is 0.251 e. The van der Waals surface area contributed by atoms with Crippen molar-refractivity contribution in [3.8, 4) is 11.3 Å². The minimum absolute atomic E-state index is 0.0784. The van der Waals surface area contributed by atoms with Crippen molar-refractivity contribution in [2.45, 2.75) is 6.04 Å². The summed E-state index contributed by atoms with van der Waals surface area (Å²) in [6.45, 7) is 0. The maximum atomic E-state index is 12.0. The molecular formula is C14H13N3O3S. The van der Waals surface area contributed by atoms with E-state index in [1.54, 1.807) is 18.3 Å². The Kier molecular flexibility index (Phi) is 3.34. The van der Waals surface area contributed by atoms with Crippen LogP contribution in [-0.2, 0) is 9.84 Å². The van der Waals surface area contributed by atoms with Gasteiger partial charge in [-0.05, 0) is 29.8 Å². The third-order valence-corrected chi connectivity index (χ3v) is 4.60. The summed E-state index contributed by atoms with van der Waals surface area (Å²) < 4.78 is 22.6. The molecule has 1 aromatic carbocycles. The molecule has 0 fully saturated rings. The van der Waals surface area contributed by atoms with Crippen LogP contribution in [0.25, 0.3) is 11.3 Å². The lowest BCUT2D eigenvalue weighted by atomic mass is 10.1. The Morgan fingerprint density at radius 2 is 2.00 bits per heavy atom. The number of sulfone groups is 1. The predicted octanol–water partition coefficient (Wildman–Crippen LogP) is 1.12. The quantitative estimate of drug-likeness (QED) is 0.888. The molecule has 6 nitrogen and oxygen atoms in total. The number of carbonyl (C=O) groups excluding carboxylic acids is 1. The van der Waals surface area contributed by atoms with Crippen molar-refractivity contribution in [2.75, 3.05) is 5.75 Å². The smallest absolute Gasteiger partial charge is 0.251 e. The van der Waals surface area contributed by atoms with Crippen LogP contribution in [0.15, 0.2) is 48.0 Å². The number of nitrogens with one attached hydrogen (secondary N) is 2. The molecular weight excluding hydrogens is 290 g/mol.